The fraction of sp³-hybridized carbons (Fsp3) is 0.333. The van der Waals surface area contributed by atoms with Crippen molar-refractivity contribution >= 4 is 11.8 Å². The first kappa shape index (κ1) is 10.8. The largest absolute Gasteiger partial charge is 0.480 e. The fourth-order valence-corrected chi connectivity index (χ4v) is 2.02. The number of aliphatic carboxylic acids is 1. The summed E-state index contributed by atoms with van der Waals surface area (Å²) in [4.78, 5) is 22.3. The molecule has 0 aliphatic heterocycles. The maximum atomic E-state index is 11.7. The number of carbonyl (C=O) groups excluding carboxylic acids is 1. The molecule has 1 atom stereocenters. The number of Topliss-reactive ketones (excluding diaryl/α,β-unsaturated/α-hetero) is 1. The number of carbonyl (C=O) groups is 2. The maximum absolute atomic E-state index is 11.7. The third-order valence-electron chi connectivity index (χ3n) is 2.93. The van der Waals surface area contributed by atoms with Crippen LogP contribution >= 0.6 is 0 Å². The van der Waals surface area contributed by atoms with Crippen molar-refractivity contribution in [2.45, 2.75) is 25.3 Å². The molecule has 4 nitrogen and oxygen atoms in total. The van der Waals surface area contributed by atoms with E-state index in [9.17, 15) is 9.59 Å². The number of aryl methyl sites for hydroxylation is 2. The number of carboxylic acid groups (broad SMARTS) is 1. The minimum Gasteiger partial charge on any atom is -0.480 e. The second-order valence-electron chi connectivity index (χ2n) is 4.02. The molecule has 0 fully saturated rings. The van der Waals surface area contributed by atoms with Gasteiger partial charge in [0.2, 0.25) is 0 Å². The van der Waals surface area contributed by atoms with Crippen molar-refractivity contribution in [1.29, 1.82) is 0 Å². The number of ketones is 1. The average Bonchev–Trinajstić information content (AvgIpc) is 2.73. The predicted molar refractivity (Wildman–Crippen MR) is 58.4 cm³/mol. The van der Waals surface area contributed by atoms with Gasteiger partial charge < -0.3 is 10.8 Å². The molecule has 0 spiro atoms. The molecule has 0 radical (unpaired) electrons. The van der Waals surface area contributed by atoms with Crippen molar-refractivity contribution in [3.63, 3.8) is 0 Å². The molecular formula is C12H13NO3. The van der Waals surface area contributed by atoms with Crippen molar-refractivity contribution in [3.8, 4) is 0 Å². The summed E-state index contributed by atoms with van der Waals surface area (Å²) < 4.78 is 0. The minimum absolute atomic E-state index is 0.399. The molecular weight excluding hydrogens is 206 g/mol. The number of benzene rings is 1. The van der Waals surface area contributed by atoms with Crippen molar-refractivity contribution in [3.05, 3.63) is 34.9 Å². The van der Waals surface area contributed by atoms with Gasteiger partial charge in [-0.2, -0.15) is 0 Å². The van der Waals surface area contributed by atoms with Gasteiger partial charge in [-0.25, -0.2) is 0 Å². The lowest BCUT2D eigenvalue weighted by Crippen LogP contribution is -2.38. The van der Waals surface area contributed by atoms with E-state index < -0.39 is 17.8 Å². The lowest BCUT2D eigenvalue weighted by atomic mass is 10.0. The Hall–Kier alpha value is -1.68. The summed E-state index contributed by atoms with van der Waals surface area (Å²) in [7, 11) is 0. The van der Waals surface area contributed by atoms with Gasteiger partial charge in [0.25, 0.3) is 0 Å². The Morgan fingerprint density at radius 3 is 2.62 bits per heavy atom. The highest BCUT2D eigenvalue weighted by molar-refractivity contribution is 6.11. The third kappa shape index (κ3) is 1.84. The molecule has 3 N–H and O–H groups in total. The minimum atomic E-state index is -1.46. The highest BCUT2D eigenvalue weighted by Crippen LogP contribution is 2.23. The van der Waals surface area contributed by atoms with Gasteiger partial charge >= 0.3 is 5.97 Å². The summed E-state index contributed by atoms with van der Waals surface area (Å²) in [6, 6.07) is 3.87. The van der Waals surface area contributed by atoms with Gasteiger partial charge in [0, 0.05) is 5.56 Å². The van der Waals surface area contributed by atoms with Gasteiger partial charge in [-0.1, -0.05) is 12.1 Å². The zero-order chi connectivity index (χ0) is 11.7. The SMILES string of the molecule is NC(C(=O)O)C(=O)c1ccc2c(c1)CCC2. The van der Waals surface area contributed by atoms with Crippen LogP contribution in [0.1, 0.15) is 27.9 Å². The summed E-state index contributed by atoms with van der Waals surface area (Å²) in [6.45, 7) is 0. The van der Waals surface area contributed by atoms with E-state index in [1.165, 1.54) is 5.56 Å². The standard InChI is InChI=1S/C12H13NO3/c13-10(12(15)16)11(14)9-5-4-7-2-1-3-8(7)6-9/h4-6,10H,1-3,13H2,(H,15,16). The van der Waals surface area contributed by atoms with Crippen molar-refractivity contribution in [1.82, 2.24) is 0 Å². The molecule has 0 bridgehead atoms. The van der Waals surface area contributed by atoms with Gasteiger partial charge in [-0.05, 0) is 36.5 Å². The zero-order valence-corrected chi connectivity index (χ0v) is 8.77. The van der Waals surface area contributed by atoms with Crippen molar-refractivity contribution in [2.24, 2.45) is 5.73 Å². The molecule has 1 aromatic carbocycles. The van der Waals surface area contributed by atoms with Gasteiger partial charge in [0.1, 0.15) is 0 Å². The van der Waals surface area contributed by atoms with Crippen LogP contribution in [0.5, 0.6) is 0 Å². The first-order valence-corrected chi connectivity index (χ1v) is 5.24. The average molecular weight is 219 g/mol. The lowest BCUT2D eigenvalue weighted by molar-refractivity contribution is -0.137. The van der Waals surface area contributed by atoms with E-state index in [2.05, 4.69) is 0 Å². The van der Waals surface area contributed by atoms with Crippen LogP contribution in [0, 0.1) is 0 Å². The van der Waals surface area contributed by atoms with Crippen LogP contribution < -0.4 is 5.73 Å². The molecule has 84 valence electrons. The zero-order valence-electron chi connectivity index (χ0n) is 8.77. The van der Waals surface area contributed by atoms with E-state index in [4.69, 9.17) is 10.8 Å². The molecule has 0 saturated carbocycles. The molecule has 0 amide bonds. The maximum Gasteiger partial charge on any atom is 0.328 e. The first-order chi connectivity index (χ1) is 7.59. The Morgan fingerprint density at radius 2 is 1.94 bits per heavy atom. The molecule has 16 heavy (non-hydrogen) atoms. The molecule has 1 aromatic rings. The van der Waals surface area contributed by atoms with Crippen LogP contribution in [0.2, 0.25) is 0 Å². The molecule has 1 aliphatic rings. The summed E-state index contributed by atoms with van der Waals surface area (Å²) in [5.74, 6) is -1.81. The second-order valence-corrected chi connectivity index (χ2v) is 4.02. The van der Waals surface area contributed by atoms with E-state index in [1.54, 1.807) is 12.1 Å². The van der Waals surface area contributed by atoms with E-state index in [-0.39, 0.29) is 0 Å². The molecule has 0 saturated heterocycles. The Bertz CT molecular complexity index is 454. The summed E-state index contributed by atoms with van der Waals surface area (Å²) in [5, 5.41) is 8.66. The Labute approximate surface area is 93.1 Å². The number of nitrogens with two attached hydrogens (primary N) is 1. The number of hydrogen-bond donors (Lipinski definition) is 2. The highest BCUT2D eigenvalue weighted by atomic mass is 16.4. The normalized spacial score (nSPS) is 15.6. The number of carboxylic acids is 1. The van der Waals surface area contributed by atoms with Crippen LogP contribution in [0.3, 0.4) is 0 Å². The topological polar surface area (TPSA) is 80.4 Å². The van der Waals surface area contributed by atoms with Crippen LogP contribution in [-0.2, 0) is 17.6 Å². The van der Waals surface area contributed by atoms with E-state index in [0.29, 0.717) is 5.56 Å². The number of fused-ring (bicyclic) bond motifs is 1. The molecule has 1 aliphatic carbocycles. The van der Waals surface area contributed by atoms with E-state index in [1.807, 2.05) is 6.07 Å². The van der Waals surface area contributed by atoms with Gasteiger partial charge in [-0.3, -0.25) is 9.59 Å². The van der Waals surface area contributed by atoms with Crippen LogP contribution in [0.15, 0.2) is 18.2 Å². The summed E-state index contributed by atoms with van der Waals surface area (Å²) in [5.41, 5.74) is 8.08. The summed E-state index contributed by atoms with van der Waals surface area (Å²) >= 11 is 0. The Balaban J connectivity index is 2.28. The Kier molecular flexibility index (Phi) is 2.75. The van der Waals surface area contributed by atoms with Crippen LogP contribution in [-0.4, -0.2) is 22.9 Å². The second kappa shape index (κ2) is 4.06. The van der Waals surface area contributed by atoms with Gasteiger partial charge in [0.15, 0.2) is 11.8 Å². The fourth-order valence-electron chi connectivity index (χ4n) is 2.02. The van der Waals surface area contributed by atoms with Gasteiger partial charge in [0.05, 0.1) is 0 Å². The van der Waals surface area contributed by atoms with E-state index in [0.717, 1.165) is 24.8 Å². The Morgan fingerprint density at radius 1 is 1.25 bits per heavy atom. The van der Waals surface area contributed by atoms with Crippen molar-refractivity contribution in [2.75, 3.05) is 0 Å². The van der Waals surface area contributed by atoms with Crippen LogP contribution in [0.25, 0.3) is 0 Å². The molecule has 4 heteroatoms. The van der Waals surface area contributed by atoms with Crippen LogP contribution in [0.4, 0.5) is 0 Å². The lowest BCUT2D eigenvalue weighted by Gasteiger charge is -2.07. The third-order valence-corrected chi connectivity index (χ3v) is 2.93. The quantitative estimate of drug-likeness (QED) is 0.581. The van der Waals surface area contributed by atoms with Gasteiger partial charge in [-0.15, -0.1) is 0 Å². The highest BCUT2D eigenvalue weighted by Gasteiger charge is 2.23. The smallest absolute Gasteiger partial charge is 0.328 e. The van der Waals surface area contributed by atoms with Crippen molar-refractivity contribution < 1.29 is 14.7 Å². The van der Waals surface area contributed by atoms with E-state index >= 15 is 0 Å². The summed E-state index contributed by atoms with van der Waals surface area (Å²) in [6.07, 6.45) is 3.09. The first-order valence-electron chi connectivity index (χ1n) is 5.24. The predicted octanol–water partition coefficient (Wildman–Crippen LogP) is 0.770. The monoisotopic (exact) mass is 219 g/mol. The number of rotatable bonds is 3. The molecule has 2 rings (SSSR count). The molecule has 0 heterocycles. The molecule has 0 aromatic heterocycles. The molecule has 1 unspecified atom stereocenters. The number of hydrogen-bond acceptors (Lipinski definition) is 3.